The van der Waals surface area contributed by atoms with Gasteiger partial charge in [-0.15, -0.1) is 6.58 Å². The van der Waals surface area contributed by atoms with Gasteiger partial charge in [0.05, 0.1) is 0 Å². The van der Waals surface area contributed by atoms with Gasteiger partial charge in [-0.05, 0) is 34.9 Å². The zero-order chi connectivity index (χ0) is 13.7. The third-order valence-corrected chi connectivity index (χ3v) is 3.47. The molecule has 0 unspecified atom stereocenters. The Bertz CT molecular complexity index is 607. The van der Waals surface area contributed by atoms with E-state index in [0.717, 1.165) is 10.9 Å². The number of hydrogen-bond acceptors (Lipinski definition) is 1. The summed E-state index contributed by atoms with van der Waals surface area (Å²) in [6.07, 6.45) is 2.82. The van der Waals surface area contributed by atoms with E-state index in [-0.39, 0.29) is 5.91 Å². The highest BCUT2D eigenvalue weighted by Gasteiger charge is 2.03. The molecule has 0 aromatic heterocycles. The Morgan fingerprint density at radius 1 is 1.32 bits per heavy atom. The lowest BCUT2D eigenvalue weighted by molar-refractivity contribution is -0.120. The average Bonchev–Trinajstić information content (AvgIpc) is 2.39. The first-order chi connectivity index (χ1) is 9.20. The van der Waals surface area contributed by atoms with Crippen LogP contribution < -0.4 is 5.32 Å². The van der Waals surface area contributed by atoms with Crippen molar-refractivity contribution < 1.29 is 4.79 Å². The highest BCUT2D eigenvalue weighted by molar-refractivity contribution is 9.10. The number of hydrogen-bond donors (Lipinski definition) is 1. The number of carbonyl (C=O) groups excluding carboxylic acids is 1. The molecule has 1 N–H and O–H groups in total. The number of amides is 1. The van der Waals surface area contributed by atoms with Crippen LogP contribution in [-0.2, 0) is 11.2 Å². The van der Waals surface area contributed by atoms with Crippen molar-refractivity contribution in [1.29, 1.82) is 0 Å². The molecule has 1 amide bonds. The predicted octanol–water partition coefficient (Wildman–Crippen LogP) is 3.84. The first kappa shape index (κ1) is 13.8. The molecule has 0 aliphatic carbocycles. The molecule has 0 aliphatic heterocycles. The van der Waals surface area contributed by atoms with Crippen LogP contribution in [-0.4, -0.2) is 12.5 Å². The van der Waals surface area contributed by atoms with Crippen LogP contribution in [0.1, 0.15) is 12.0 Å². The van der Waals surface area contributed by atoms with Crippen molar-refractivity contribution in [3.63, 3.8) is 0 Å². The van der Waals surface area contributed by atoms with Gasteiger partial charge in [0.2, 0.25) is 5.91 Å². The van der Waals surface area contributed by atoms with Crippen LogP contribution in [0.5, 0.6) is 0 Å². The first-order valence-electron chi connectivity index (χ1n) is 6.25. The molecular formula is C16H16BrNO. The smallest absolute Gasteiger partial charge is 0.223 e. The van der Waals surface area contributed by atoms with Gasteiger partial charge >= 0.3 is 0 Å². The molecule has 0 aliphatic rings. The molecule has 0 saturated carbocycles. The minimum Gasteiger partial charge on any atom is -0.356 e. The second kappa shape index (κ2) is 6.53. The van der Waals surface area contributed by atoms with E-state index >= 15 is 0 Å². The molecule has 3 heteroatoms. The average molecular weight is 318 g/mol. The lowest BCUT2D eigenvalue weighted by Crippen LogP contribution is -2.24. The molecule has 0 atom stereocenters. The quantitative estimate of drug-likeness (QED) is 0.834. The lowest BCUT2D eigenvalue weighted by Gasteiger charge is -2.08. The number of nitrogens with one attached hydrogen (secondary N) is 1. The number of rotatable bonds is 5. The second-order valence-corrected chi connectivity index (χ2v) is 5.29. The van der Waals surface area contributed by atoms with Crippen LogP contribution in [0.4, 0.5) is 0 Å². The van der Waals surface area contributed by atoms with Gasteiger partial charge in [0.25, 0.3) is 0 Å². The SMILES string of the molecule is C=CCC(=O)NCCc1cccc2ccc(Br)cc12. The Hall–Kier alpha value is -1.61. The summed E-state index contributed by atoms with van der Waals surface area (Å²) in [6, 6.07) is 12.5. The van der Waals surface area contributed by atoms with Gasteiger partial charge in [-0.1, -0.05) is 46.3 Å². The van der Waals surface area contributed by atoms with Crippen molar-refractivity contribution in [2.45, 2.75) is 12.8 Å². The molecule has 0 bridgehead atoms. The molecule has 2 nitrogen and oxygen atoms in total. The van der Waals surface area contributed by atoms with Crippen molar-refractivity contribution in [2.24, 2.45) is 0 Å². The van der Waals surface area contributed by atoms with E-state index in [4.69, 9.17) is 0 Å². The summed E-state index contributed by atoms with van der Waals surface area (Å²) in [6.45, 7) is 4.20. The fourth-order valence-electron chi connectivity index (χ4n) is 2.07. The van der Waals surface area contributed by atoms with Gasteiger partial charge in [-0.3, -0.25) is 4.79 Å². The Labute approximate surface area is 121 Å². The summed E-state index contributed by atoms with van der Waals surface area (Å²) in [4.78, 5) is 11.4. The predicted molar refractivity (Wildman–Crippen MR) is 83.2 cm³/mol. The van der Waals surface area contributed by atoms with Crippen molar-refractivity contribution in [3.8, 4) is 0 Å². The van der Waals surface area contributed by atoms with Gasteiger partial charge in [0.15, 0.2) is 0 Å². The van der Waals surface area contributed by atoms with E-state index < -0.39 is 0 Å². The van der Waals surface area contributed by atoms with Crippen molar-refractivity contribution in [2.75, 3.05) is 6.54 Å². The molecule has 2 rings (SSSR count). The highest BCUT2D eigenvalue weighted by atomic mass is 79.9. The number of halogens is 1. The second-order valence-electron chi connectivity index (χ2n) is 4.38. The zero-order valence-corrected chi connectivity index (χ0v) is 12.2. The molecule has 0 heterocycles. The maximum absolute atomic E-state index is 11.4. The summed E-state index contributed by atoms with van der Waals surface area (Å²) in [7, 11) is 0. The van der Waals surface area contributed by atoms with Crippen molar-refractivity contribution >= 4 is 32.6 Å². The van der Waals surface area contributed by atoms with Crippen molar-refractivity contribution in [3.05, 3.63) is 59.1 Å². The van der Waals surface area contributed by atoms with Gasteiger partial charge < -0.3 is 5.32 Å². The van der Waals surface area contributed by atoms with Crippen LogP contribution >= 0.6 is 15.9 Å². The number of benzene rings is 2. The topological polar surface area (TPSA) is 29.1 Å². The molecule has 19 heavy (non-hydrogen) atoms. The molecule has 2 aromatic rings. The van der Waals surface area contributed by atoms with E-state index in [0.29, 0.717) is 13.0 Å². The molecule has 2 aromatic carbocycles. The van der Waals surface area contributed by atoms with Crippen LogP contribution in [0.3, 0.4) is 0 Å². The van der Waals surface area contributed by atoms with E-state index in [2.05, 4.69) is 58.2 Å². The minimum atomic E-state index is 0.0245. The maximum atomic E-state index is 11.4. The van der Waals surface area contributed by atoms with Gasteiger partial charge in [0, 0.05) is 17.4 Å². The Balaban J connectivity index is 2.10. The summed E-state index contributed by atoms with van der Waals surface area (Å²) >= 11 is 3.50. The minimum absolute atomic E-state index is 0.0245. The van der Waals surface area contributed by atoms with E-state index in [1.54, 1.807) is 6.08 Å². The highest BCUT2D eigenvalue weighted by Crippen LogP contribution is 2.23. The summed E-state index contributed by atoms with van der Waals surface area (Å²) in [5.74, 6) is 0.0245. The van der Waals surface area contributed by atoms with Gasteiger partial charge in [0.1, 0.15) is 0 Å². The van der Waals surface area contributed by atoms with Crippen LogP contribution in [0.15, 0.2) is 53.5 Å². The van der Waals surface area contributed by atoms with Crippen LogP contribution in [0, 0.1) is 0 Å². The first-order valence-corrected chi connectivity index (χ1v) is 7.05. The monoisotopic (exact) mass is 317 g/mol. The number of fused-ring (bicyclic) bond motifs is 1. The maximum Gasteiger partial charge on any atom is 0.223 e. The normalized spacial score (nSPS) is 10.4. The fourth-order valence-corrected chi connectivity index (χ4v) is 2.43. The summed E-state index contributed by atoms with van der Waals surface area (Å²) < 4.78 is 1.07. The Morgan fingerprint density at radius 3 is 2.95 bits per heavy atom. The van der Waals surface area contributed by atoms with Gasteiger partial charge in [-0.2, -0.15) is 0 Å². The standard InChI is InChI=1S/C16H16BrNO/c1-2-4-16(19)18-10-9-13-6-3-5-12-7-8-14(17)11-15(12)13/h2-3,5-8,11H,1,4,9-10H2,(H,18,19). The molecule has 0 saturated heterocycles. The molecule has 98 valence electrons. The number of carbonyl (C=O) groups is 1. The fraction of sp³-hybridized carbons (Fsp3) is 0.188. The van der Waals surface area contributed by atoms with Gasteiger partial charge in [-0.25, -0.2) is 0 Å². The van der Waals surface area contributed by atoms with Crippen molar-refractivity contribution in [1.82, 2.24) is 5.32 Å². The Morgan fingerprint density at radius 2 is 2.16 bits per heavy atom. The largest absolute Gasteiger partial charge is 0.356 e. The third-order valence-electron chi connectivity index (χ3n) is 2.98. The summed E-state index contributed by atoms with van der Waals surface area (Å²) in [5.41, 5.74) is 1.25. The van der Waals surface area contributed by atoms with E-state index in [1.807, 2.05) is 6.07 Å². The molecule has 0 spiro atoms. The lowest BCUT2D eigenvalue weighted by atomic mass is 10.0. The molecule has 0 radical (unpaired) electrons. The van der Waals surface area contributed by atoms with E-state index in [9.17, 15) is 4.79 Å². The van der Waals surface area contributed by atoms with E-state index in [1.165, 1.54) is 16.3 Å². The van der Waals surface area contributed by atoms with Crippen LogP contribution in [0.2, 0.25) is 0 Å². The molecular weight excluding hydrogens is 302 g/mol. The summed E-state index contributed by atoms with van der Waals surface area (Å²) in [5, 5.41) is 5.34. The third kappa shape index (κ3) is 3.67. The van der Waals surface area contributed by atoms with Crippen LogP contribution in [0.25, 0.3) is 10.8 Å². The zero-order valence-electron chi connectivity index (χ0n) is 10.7. The Kier molecular flexibility index (Phi) is 4.74. The molecule has 0 fully saturated rings.